The predicted molar refractivity (Wildman–Crippen MR) is 71.6 cm³/mol. The zero-order chi connectivity index (χ0) is 14.0. The van der Waals surface area contributed by atoms with E-state index in [0.717, 1.165) is 0 Å². The van der Waals surface area contributed by atoms with Crippen LogP contribution in [0.15, 0.2) is 35.5 Å². The van der Waals surface area contributed by atoms with Crippen molar-refractivity contribution < 1.29 is 13.5 Å². The lowest BCUT2D eigenvalue weighted by Crippen LogP contribution is -2.13. The van der Waals surface area contributed by atoms with Gasteiger partial charge in [0.15, 0.2) is 5.03 Å². The third-order valence-electron chi connectivity index (χ3n) is 2.67. The van der Waals surface area contributed by atoms with Gasteiger partial charge in [-0.25, -0.2) is 4.98 Å². The molecule has 0 bridgehead atoms. The Hall–Kier alpha value is -2.02. The largest absolute Gasteiger partial charge is 0.508 e. The first kappa shape index (κ1) is 13.4. The topological polar surface area (TPSA) is 84.2 Å². The first-order valence-electron chi connectivity index (χ1n) is 5.78. The van der Waals surface area contributed by atoms with Crippen LogP contribution in [0.5, 0.6) is 5.75 Å². The van der Waals surface area contributed by atoms with E-state index in [1.807, 2.05) is 6.92 Å². The number of sulfonamides is 1. The smallest absolute Gasteiger partial charge is 0.280 e. The van der Waals surface area contributed by atoms with Crippen LogP contribution in [-0.2, 0) is 16.6 Å². The number of aromatic hydroxyl groups is 1. The maximum atomic E-state index is 12.1. The van der Waals surface area contributed by atoms with Crippen molar-refractivity contribution in [2.75, 3.05) is 4.72 Å². The van der Waals surface area contributed by atoms with Crippen molar-refractivity contribution in [1.29, 1.82) is 0 Å². The fourth-order valence-electron chi connectivity index (χ4n) is 1.71. The molecule has 0 aliphatic carbocycles. The Bertz CT molecular complexity index is 692. The van der Waals surface area contributed by atoms with Crippen molar-refractivity contribution in [3.8, 4) is 5.75 Å². The first-order chi connectivity index (χ1) is 8.92. The molecule has 19 heavy (non-hydrogen) atoms. The average Bonchev–Trinajstić information content (AvgIpc) is 2.71. The molecule has 7 heteroatoms. The molecule has 2 aromatic rings. The molecule has 0 radical (unpaired) electrons. The Kier molecular flexibility index (Phi) is 3.48. The van der Waals surface area contributed by atoms with Gasteiger partial charge in [0, 0.05) is 18.8 Å². The Labute approximate surface area is 111 Å². The Balaban J connectivity index is 2.32. The highest BCUT2D eigenvalue weighted by atomic mass is 32.2. The lowest BCUT2D eigenvalue weighted by atomic mass is 10.3. The molecule has 0 unspecified atom stereocenters. The summed E-state index contributed by atoms with van der Waals surface area (Å²) < 4.78 is 28.4. The molecular weight excluding hydrogens is 266 g/mol. The highest BCUT2D eigenvalue weighted by Gasteiger charge is 2.19. The van der Waals surface area contributed by atoms with Crippen molar-refractivity contribution in [2.24, 2.45) is 0 Å². The van der Waals surface area contributed by atoms with Gasteiger partial charge >= 0.3 is 0 Å². The normalized spacial score (nSPS) is 11.5. The van der Waals surface area contributed by atoms with E-state index in [9.17, 15) is 13.5 Å². The molecule has 0 aliphatic heterocycles. The molecule has 0 fully saturated rings. The van der Waals surface area contributed by atoms with E-state index < -0.39 is 10.0 Å². The summed E-state index contributed by atoms with van der Waals surface area (Å²) in [5, 5.41) is 9.28. The predicted octanol–water partition coefficient (Wildman–Crippen LogP) is 1.72. The second-order valence-electron chi connectivity index (χ2n) is 4.07. The van der Waals surface area contributed by atoms with Crippen molar-refractivity contribution in [3.05, 3.63) is 36.3 Å². The summed E-state index contributed by atoms with van der Waals surface area (Å²) in [5.41, 5.74) is 0.295. The summed E-state index contributed by atoms with van der Waals surface area (Å²) in [7, 11) is -3.73. The molecule has 1 aromatic heterocycles. The van der Waals surface area contributed by atoms with E-state index in [1.54, 1.807) is 23.6 Å². The van der Waals surface area contributed by atoms with Crippen LogP contribution in [0.25, 0.3) is 0 Å². The number of nitrogens with zero attached hydrogens (tertiary/aromatic N) is 2. The standard InChI is InChI=1S/C12H15N3O3S/c1-3-15-8-12(13-9(15)2)19(17,18)14-10-5-4-6-11(16)7-10/h4-8,14,16H,3H2,1-2H3. The zero-order valence-electron chi connectivity index (χ0n) is 10.7. The Morgan fingerprint density at radius 1 is 1.42 bits per heavy atom. The molecule has 0 spiro atoms. The fourth-order valence-corrected chi connectivity index (χ4v) is 2.77. The number of benzene rings is 1. The van der Waals surface area contributed by atoms with Gasteiger partial charge in [0.25, 0.3) is 10.0 Å². The Morgan fingerprint density at radius 2 is 2.16 bits per heavy atom. The summed E-state index contributed by atoms with van der Waals surface area (Å²) in [6.07, 6.45) is 1.49. The van der Waals surface area contributed by atoms with Gasteiger partial charge in [-0.2, -0.15) is 8.42 Å². The third-order valence-corrected chi connectivity index (χ3v) is 3.92. The minimum Gasteiger partial charge on any atom is -0.508 e. The minimum absolute atomic E-state index is 0.00420. The minimum atomic E-state index is -3.73. The van der Waals surface area contributed by atoms with E-state index in [2.05, 4.69) is 9.71 Å². The van der Waals surface area contributed by atoms with E-state index in [1.165, 1.54) is 18.3 Å². The van der Waals surface area contributed by atoms with Crippen molar-refractivity contribution >= 4 is 15.7 Å². The Morgan fingerprint density at radius 3 is 2.74 bits per heavy atom. The van der Waals surface area contributed by atoms with Gasteiger partial charge in [-0.1, -0.05) is 6.07 Å². The number of phenolic OH excluding ortho intramolecular Hbond substituents is 1. The molecule has 0 atom stereocenters. The second-order valence-corrected chi connectivity index (χ2v) is 5.70. The maximum Gasteiger partial charge on any atom is 0.280 e. The number of phenols is 1. The van der Waals surface area contributed by atoms with Crippen molar-refractivity contribution in [3.63, 3.8) is 0 Å². The molecule has 0 aliphatic rings. The van der Waals surface area contributed by atoms with Gasteiger partial charge in [0.2, 0.25) is 0 Å². The van der Waals surface area contributed by atoms with Crippen LogP contribution < -0.4 is 4.72 Å². The molecule has 2 rings (SSSR count). The number of nitrogens with one attached hydrogen (secondary N) is 1. The van der Waals surface area contributed by atoms with Gasteiger partial charge in [-0.15, -0.1) is 0 Å². The summed E-state index contributed by atoms with van der Waals surface area (Å²) in [6, 6.07) is 5.92. The van der Waals surface area contributed by atoms with Gasteiger partial charge < -0.3 is 9.67 Å². The fraction of sp³-hybridized carbons (Fsp3) is 0.250. The molecule has 0 saturated carbocycles. The number of rotatable bonds is 4. The van der Waals surface area contributed by atoms with Crippen LogP contribution in [0.1, 0.15) is 12.7 Å². The summed E-state index contributed by atoms with van der Waals surface area (Å²) in [5.74, 6) is 0.634. The third kappa shape index (κ3) is 2.87. The van der Waals surface area contributed by atoms with Gasteiger partial charge in [-0.3, -0.25) is 4.72 Å². The van der Waals surface area contributed by atoms with E-state index >= 15 is 0 Å². The number of imidazole rings is 1. The van der Waals surface area contributed by atoms with Gasteiger partial charge in [0.05, 0.1) is 5.69 Å². The maximum absolute atomic E-state index is 12.1. The highest BCUT2D eigenvalue weighted by molar-refractivity contribution is 7.92. The lowest BCUT2D eigenvalue weighted by molar-refractivity contribution is 0.475. The monoisotopic (exact) mass is 281 g/mol. The second kappa shape index (κ2) is 4.93. The number of aromatic nitrogens is 2. The van der Waals surface area contributed by atoms with Gasteiger partial charge in [0.1, 0.15) is 11.6 Å². The van der Waals surface area contributed by atoms with E-state index in [4.69, 9.17) is 0 Å². The summed E-state index contributed by atoms with van der Waals surface area (Å²) >= 11 is 0. The van der Waals surface area contributed by atoms with Crippen LogP contribution in [0.2, 0.25) is 0 Å². The van der Waals surface area contributed by atoms with Crippen LogP contribution in [0.4, 0.5) is 5.69 Å². The van der Waals surface area contributed by atoms with Crippen LogP contribution >= 0.6 is 0 Å². The van der Waals surface area contributed by atoms with E-state index in [-0.39, 0.29) is 10.8 Å². The van der Waals surface area contributed by atoms with Crippen LogP contribution in [-0.4, -0.2) is 23.1 Å². The molecule has 1 heterocycles. The molecule has 102 valence electrons. The van der Waals surface area contributed by atoms with Crippen molar-refractivity contribution in [1.82, 2.24) is 9.55 Å². The van der Waals surface area contributed by atoms with Crippen LogP contribution in [0, 0.1) is 6.92 Å². The SMILES string of the molecule is CCn1cc(S(=O)(=O)Nc2cccc(O)c2)nc1C. The lowest BCUT2D eigenvalue weighted by Gasteiger charge is -2.05. The summed E-state index contributed by atoms with van der Waals surface area (Å²) in [6.45, 7) is 4.31. The number of aryl methyl sites for hydroxylation is 2. The molecule has 0 saturated heterocycles. The summed E-state index contributed by atoms with van der Waals surface area (Å²) in [4.78, 5) is 4.02. The average molecular weight is 281 g/mol. The molecule has 1 aromatic carbocycles. The van der Waals surface area contributed by atoms with Crippen LogP contribution in [0.3, 0.4) is 0 Å². The number of hydrogen-bond acceptors (Lipinski definition) is 4. The van der Waals surface area contributed by atoms with E-state index in [0.29, 0.717) is 18.1 Å². The molecule has 2 N–H and O–H groups in total. The number of hydrogen-bond donors (Lipinski definition) is 2. The molecular formula is C12H15N3O3S. The number of anilines is 1. The molecule has 6 nitrogen and oxygen atoms in total. The quantitative estimate of drug-likeness (QED) is 0.893. The van der Waals surface area contributed by atoms with Gasteiger partial charge in [-0.05, 0) is 26.0 Å². The highest BCUT2D eigenvalue weighted by Crippen LogP contribution is 2.19. The first-order valence-corrected chi connectivity index (χ1v) is 7.26. The van der Waals surface area contributed by atoms with Crippen molar-refractivity contribution in [2.45, 2.75) is 25.4 Å². The zero-order valence-corrected chi connectivity index (χ0v) is 11.5. The molecule has 0 amide bonds.